The molecular weight excluding hydrogens is 777 g/mol. The number of carbonyl (C=O) groups is 4. The van der Waals surface area contributed by atoms with E-state index in [0.717, 1.165) is 61.6 Å². The van der Waals surface area contributed by atoms with E-state index in [1.54, 1.807) is 50.1 Å². The van der Waals surface area contributed by atoms with Crippen molar-refractivity contribution in [3.63, 3.8) is 0 Å². The Morgan fingerprint density at radius 2 is 1.53 bits per heavy atom. The molecule has 0 unspecified atom stereocenters. The molecule has 2 saturated heterocycles. The standard InChI is InChI=1S/C47H52N6O6S/c1-29(51(5)45(56)59-47(2,3)4)42(54)49-40(44(55)53-25-13-20-37(53)43-50-41-38(60-43)21-24-48-39(41)30-14-7-6-8-15-30)31-22-26-52(27-23-31)46(57)58-28-36-34-18-11-9-16-32(34)33-17-10-12-19-35(33)36/h6-12,14-19,21,24,29,31,36-37,40H,13,20,22-23,25-28H2,1-5H3,(H,49,54)/t29-,37-,40-/m0/s1. The van der Waals surface area contributed by atoms with E-state index in [1.807, 2.05) is 65.6 Å². The highest BCUT2D eigenvalue weighted by Gasteiger charge is 2.42. The second kappa shape index (κ2) is 17.0. The first kappa shape index (κ1) is 40.9. The van der Waals surface area contributed by atoms with Gasteiger partial charge in [0.15, 0.2) is 0 Å². The second-order valence-corrected chi connectivity index (χ2v) is 18.1. The molecule has 4 heterocycles. The monoisotopic (exact) mass is 828 g/mol. The van der Waals surface area contributed by atoms with Gasteiger partial charge in [-0.25, -0.2) is 14.6 Å². The summed E-state index contributed by atoms with van der Waals surface area (Å²) in [4.78, 5) is 70.0. The van der Waals surface area contributed by atoms with Gasteiger partial charge in [0, 0.05) is 44.4 Å². The Balaban J connectivity index is 0.992. The lowest BCUT2D eigenvalue weighted by Gasteiger charge is -2.38. The SMILES string of the molecule is C[C@@H](C(=O)N[C@H](C(=O)N1CCC[C@H]1c1nc2c(-c3ccccc3)nccc2s1)C1CCN(C(=O)OCC2c3ccccc3-c3ccccc32)CC1)N(C)C(=O)OC(C)(C)C. The van der Waals surface area contributed by atoms with Gasteiger partial charge < -0.3 is 24.6 Å². The fourth-order valence-corrected chi connectivity index (χ4v) is 9.82. The molecule has 1 aliphatic carbocycles. The van der Waals surface area contributed by atoms with E-state index in [0.29, 0.717) is 32.5 Å². The summed E-state index contributed by atoms with van der Waals surface area (Å²) in [6.45, 7) is 8.39. The minimum absolute atomic E-state index is 0.0538. The van der Waals surface area contributed by atoms with Crippen LogP contribution in [0, 0.1) is 5.92 Å². The van der Waals surface area contributed by atoms with Gasteiger partial charge in [0.1, 0.15) is 34.8 Å². The topological polar surface area (TPSA) is 134 Å². The second-order valence-electron chi connectivity index (χ2n) is 17.0. The fourth-order valence-electron chi connectivity index (χ4n) is 8.71. The van der Waals surface area contributed by atoms with E-state index >= 15 is 0 Å². The number of hydrogen-bond donors (Lipinski definition) is 1. The number of carbonyl (C=O) groups excluding carboxylic acids is 4. The Bertz CT molecular complexity index is 2340. The van der Waals surface area contributed by atoms with Crippen LogP contribution in [-0.2, 0) is 19.1 Å². The van der Waals surface area contributed by atoms with Crippen LogP contribution in [0.1, 0.15) is 81.5 Å². The quantitative estimate of drug-likeness (QED) is 0.157. The number of likely N-dealkylation sites (tertiary alicyclic amines) is 2. The number of aromatic nitrogens is 2. The first-order valence-electron chi connectivity index (χ1n) is 20.9. The van der Waals surface area contributed by atoms with Gasteiger partial charge in [0.05, 0.1) is 16.4 Å². The molecule has 1 N–H and O–H groups in total. The molecule has 2 fully saturated rings. The lowest BCUT2D eigenvalue weighted by Crippen LogP contribution is -2.58. The van der Waals surface area contributed by atoms with Crippen molar-refractivity contribution in [3.8, 4) is 22.4 Å². The largest absolute Gasteiger partial charge is 0.448 e. The Labute approximate surface area is 354 Å². The zero-order chi connectivity index (χ0) is 42.1. The predicted octanol–water partition coefficient (Wildman–Crippen LogP) is 8.42. The van der Waals surface area contributed by atoms with Crippen LogP contribution in [0.4, 0.5) is 9.59 Å². The van der Waals surface area contributed by atoms with Crippen molar-refractivity contribution in [2.75, 3.05) is 33.3 Å². The fraction of sp³-hybridized carbons (Fsp3) is 0.404. The summed E-state index contributed by atoms with van der Waals surface area (Å²) in [5, 5.41) is 3.90. The van der Waals surface area contributed by atoms with E-state index in [4.69, 9.17) is 14.5 Å². The summed E-state index contributed by atoms with van der Waals surface area (Å²) < 4.78 is 12.5. The van der Waals surface area contributed by atoms with Crippen LogP contribution < -0.4 is 5.32 Å². The van der Waals surface area contributed by atoms with Gasteiger partial charge in [-0.15, -0.1) is 11.3 Å². The van der Waals surface area contributed by atoms with Gasteiger partial charge in [-0.2, -0.15) is 0 Å². The molecule has 2 aromatic heterocycles. The number of pyridine rings is 1. The summed E-state index contributed by atoms with van der Waals surface area (Å²) in [6.07, 6.45) is 3.23. The first-order chi connectivity index (χ1) is 28.9. The lowest BCUT2D eigenvalue weighted by atomic mass is 9.88. The molecule has 0 saturated carbocycles. The Kier molecular flexibility index (Phi) is 11.6. The van der Waals surface area contributed by atoms with Crippen molar-refractivity contribution in [2.45, 2.75) is 83.0 Å². The zero-order valence-corrected chi connectivity index (χ0v) is 35.6. The van der Waals surface area contributed by atoms with E-state index in [2.05, 4.69) is 34.6 Å². The van der Waals surface area contributed by atoms with Crippen LogP contribution in [0.5, 0.6) is 0 Å². The number of benzene rings is 3. The van der Waals surface area contributed by atoms with Gasteiger partial charge >= 0.3 is 12.2 Å². The third-order valence-corrected chi connectivity index (χ3v) is 13.1. The van der Waals surface area contributed by atoms with Gasteiger partial charge in [0.25, 0.3) is 0 Å². The van der Waals surface area contributed by atoms with Gasteiger partial charge in [0.2, 0.25) is 11.8 Å². The van der Waals surface area contributed by atoms with E-state index in [-0.39, 0.29) is 30.4 Å². The Hall–Kier alpha value is -5.82. The molecule has 3 aliphatic rings. The number of likely N-dealkylation sites (N-methyl/N-ethyl adjacent to an activating group) is 1. The summed E-state index contributed by atoms with van der Waals surface area (Å²) >= 11 is 1.56. The molecule has 3 atom stereocenters. The Morgan fingerprint density at radius 3 is 2.20 bits per heavy atom. The van der Waals surface area contributed by atoms with Crippen LogP contribution in [0.25, 0.3) is 32.6 Å². The number of amides is 4. The number of thiazole rings is 1. The van der Waals surface area contributed by atoms with Crippen LogP contribution in [0.3, 0.4) is 0 Å². The van der Waals surface area contributed by atoms with Crippen molar-refractivity contribution < 1.29 is 28.7 Å². The highest BCUT2D eigenvalue weighted by molar-refractivity contribution is 7.18. The highest BCUT2D eigenvalue weighted by atomic mass is 32.1. The molecule has 4 amide bonds. The molecule has 0 spiro atoms. The summed E-state index contributed by atoms with van der Waals surface area (Å²) in [6, 6.07) is 26.3. The molecular formula is C47H52N6O6S. The van der Waals surface area contributed by atoms with E-state index in [1.165, 1.54) is 11.9 Å². The van der Waals surface area contributed by atoms with Crippen molar-refractivity contribution in [1.29, 1.82) is 0 Å². The summed E-state index contributed by atoms with van der Waals surface area (Å²) in [7, 11) is 1.52. The van der Waals surface area contributed by atoms with Gasteiger partial charge in [-0.3, -0.25) is 19.5 Å². The number of hydrogen-bond acceptors (Lipinski definition) is 9. The number of fused-ring (bicyclic) bond motifs is 4. The first-order valence-corrected chi connectivity index (χ1v) is 21.7. The van der Waals surface area contributed by atoms with Gasteiger partial charge in [-0.1, -0.05) is 78.9 Å². The highest BCUT2D eigenvalue weighted by Crippen LogP contribution is 2.45. The van der Waals surface area contributed by atoms with Crippen LogP contribution >= 0.6 is 11.3 Å². The molecule has 3 aromatic carbocycles. The maximum absolute atomic E-state index is 14.9. The maximum atomic E-state index is 14.9. The number of ether oxygens (including phenoxy) is 2. The molecule has 12 nitrogen and oxygen atoms in total. The molecule has 5 aromatic rings. The molecule has 312 valence electrons. The average Bonchev–Trinajstić information content (AvgIpc) is 4.00. The molecule has 2 aliphatic heterocycles. The smallest absolute Gasteiger partial charge is 0.410 e. The molecule has 0 bridgehead atoms. The molecule has 0 radical (unpaired) electrons. The van der Waals surface area contributed by atoms with Crippen LogP contribution in [0.2, 0.25) is 0 Å². The number of piperidine rings is 1. The van der Waals surface area contributed by atoms with E-state index < -0.39 is 35.8 Å². The van der Waals surface area contributed by atoms with Crippen molar-refractivity contribution in [3.05, 3.63) is 107 Å². The molecule has 8 rings (SSSR count). The van der Waals surface area contributed by atoms with Gasteiger partial charge in [-0.05, 0) is 87.6 Å². The van der Waals surface area contributed by atoms with Crippen molar-refractivity contribution in [2.24, 2.45) is 5.92 Å². The summed E-state index contributed by atoms with van der Waals surface area (Å²) in [5.74, 6) is -0.987. The van der Waals surface area contributed by atoms with Crippen molar-refractivity contribution in [1.82, 2.24) is 30.0 Å². The van der Waals surface area contributed by atoms with Crippen molar-refractivity contribution >= 4 is 45.6 Å². The molecule has 60 heavy (non-hydrogen) atoms. The lowest BCUT2D eigenvalue weighted by molar-refractivity contribution is -0.140. The minimum Gasteiger partial charge on any atom is -0.448 e. The third-order valence-electron chi connectivity index (χ3n) is 12.0. The average molecular weight is 829 g/mol. The van der Waals surface area contributed by atoms with E-state index in [9.17, 15) is 19.2 Å². The van der Waals surface area contributed by atoms with Crippen LogP contribution in [-0.4, -0.2) is 99.6 Å². The minimum atomic E-state index is -0.918. The number of nitrogens with zero attached hydrogens (tertiary/aromatic N) is 5. The molecule has 13 heteroatoms. The third kappa shape index (κ3) is 8.32. The predicted molar refractivity (Wildman–Crippen MR) is 231 cm³/mol. The summed E-state index contributed by atoms with van der Waals surface area (Å²) in [5.41, 5.74) is 6.44. The number of rotatable bonds is 9. The van der Waals surface area contributed by atoms with Crippen LogP contribution in [0.15, 0.2) is 91.1 Å². The zero-order valence-electron chi connectivity index (χ0n) is 34.8. The number of nitrogens with one attached hydrogen (secondary N) is 1. The normalized spacial score (nSPS) is 17.8. The Morgan fingerprint density at radius 1 is 0.883 bits per heavy atom. The maximum Gasteiger partial charge on any atom is 0.410 e.